The first-order chi connectivity index (χ1) is 6.92. The van der Waals surface area contributed by atoms with Crippen LogP contribution < -0.4 is 5.32 Å². The van der Waals surface area contributed by atoms with Gasteiger partial charge in [-0.25, -0.2) is 0 Å². The summed E-state index contributed by atoms with van der Waals surface area (Å²) in [5.41, 5.74) is 0. The van der Waals surface area contributed by atoms with Gasteiger partial charge in [0, 0.05) is 6.42 Å². The van der Waals surface area contributed by atoms with Crippen LogP contribution in [-0.4, -0.2) is 13.2 Å². The third kappa shape index (κ3) is 3.95. The highest BCUT2D eigenvalue weighted by Crippen LogP contribution is 2.28. The number of alkyl halides is 3. The maximum Gasteiger partial charge on any atom is 0.389 e. The Hall–Kier alpha value is -0.970. The van der Waals surface area contributed by atoms with Gasteiger partial charge in [0.2, 0.25) is 0 Å². The van der Waals surface area contributed by atoms with Crippen molar-refractivity contribution in [3.63, 3.8) is 0 Å². The van der Waals surface area contributed by atoms with Crippen molar-refractivity contribution in [2.24, 2.45) is 0 Å². The zero-order valence-electron chi connectivity index (χ0n) is 8.69. The van der Waals surface area contributed by atoms with Gasteiger partial charge in [-0.05, 0) is 32.5 Å². The Morgan fingerprint density at radius 2 is 2.07 bits per heavy atom. The molecule has 0 amide bonds. The number of nitrogens with one attached hydrogen (secondary N) is 1. The predicted octanol–water partition coefficient (Wildman–Crippen LogP) is 3.19. The molecule has 0 saturated carbocycles. The lowest BCUT2D eigenvalue weighted by Gasteiger charge is -2.14. The second-order valence-electron chi connectivity index (χ2n) is 3.44. The van der Waals surface area contributed by atoms with Crippen LogP contribution in [0.2, 0.25) is 0 Å². The van der Waals surface area contributed by atoms with Crippen LogP contribution in [0, 0.1) is 6.92 Å². The molecule has 2 nitrogen and oxygen atoms in total. The van der Waals surface area contributed by atoms with Crippen LogP contribution in [0.15, 0.2) is 16.5 Å². The first-order valence-corrected chi connectivity index (χ1v) is 4.73. The van der Waals surface area contributed by atoms with Crippen molar-refractivity contribution in [1.29, 1.82) is 0 Å². The Labute approximate surface area is 86.5 Å². The van der Waals surface area contributed by atoms with E-state index in [0.29, 0.717) is 11.5 Å². The molecule has 1 heterocycles. The van der Waals surface area contributed by atoms with E-state index in [0.717, 1.165) is 0 Å². The molecule has 0 aliphatic rings. The van der Waals surface area contributed by atoms with Crippen LogP contribution in [0.1, 0.15) is 30.4 Å². The Bertz CT molecular complexity index is 306. The summed E-state index contributed by atoms with van der Waals surface area (Å²) in [6.07, 6.45) is -4.93. The first kappa shape index (κ1) is 12.1. The van der Waals surface area contributed by atoms with Gasteiger partial charge in [0.15, 0.2) is 0 Å². The summed E-state index contributed by atoms with van der Waals surface area (Å²) in [7, 11) is 1.62. The van der Waals surface area contributed by atoms with E-state index in [1.807, 2.05) is 0 Å². The number of halogens is 3. The normalized spacial score (nSPS) is 14.2. The van der Waals surface area contributed by atoms with E-state index in [9.17, 15) is 13.2 Å². The predicted molar refractivity (Wildman–Crippen MR) is 50.5 cm³/mol. The van der Waals surface area contributed by atoms with E-state index in [2.05, 4.69) is 5.32 Å². The van der Waals surface area contributed by atoms with Crippen molar-refractivity contribution in [2.75, 3.05) is 7.05 Å². The lowest BCUT2D eigenvalue weighted by atomic mass is 10.1. The largest absolute Gasteiger partial charge is 0.465 e. The van der Waals surface area contributed by atoms with Gasteiger partial charge in [0.25, 0.3) is 0 Å². The molecule has 0 bridgehead atoms. The minimum atomic E-state index is -4.11. The van der Waals surface area contributed by atoms with Crippen LogP contribution in [0.25, 0.3) is 0 Å². The lowest BCUT2D eigenvalue weighted by molar-refractivity contribution is -0.136. The molecule has 0 saturated heterocycles. The smallest absolute Gasteiger partial charge is 0.389 e. The summed E-state index contributed by atoms with van der Waals surface area (Å²) in [5.74, 6) is 1.26. The highest BCUT2D eigenvalue weighted by Gasteiger charge is 2.29. The number of hydrogen-bond donors (Lipinski definition) is 1. The van der Waals surface area contributed by atoms with Gasteiger partial charge in [0.05, 0.1) is 6.04 Å². The second-order valence-corrected chi connectivity index (χ2v) is 3.44. The van der Waals surface area contributed by atoms with Crippen LogP contribution in [0.5, 0.6) is 0 Å². The van der Waals surface area contributed by atoms with E-state index >= 15 is 0 Å². The maximum absolute atomic E-state index is 12.0. The van der Waals surface area contributed by atoms with E-state index in [4.69, 9.17) is 4.42 Å². The van der Waals surface area contributed by atoms with E-state index in [-0.39, 0.29) is 12.5 Å². The average molecular weight is 221 g/mol. The molecular formula is C10H14F3NO. The summed E-state index contributed by atoms with van der Waals surface area (Å²) < 4.78 is 41.3. The van der Waals surface area contributed by atoms with Crippen molar-refractivity contribution in [1.82, 2.24) is 5.32 Å². The van der Waals surface area contributed by atoms with Crippen molar-refractivity contribution in [2.45, 2.75) is 32.0 Å². The molecule has 1 atom stereocenters. The van der Waals surface area contributed by atoms with Gasteiger partial charge in [-0.2, -0.15) is 13.2 Å². The van der Waals surface area contributed by atoms with Gasteiger partial charge in [-0.1, -0.05) is 0 Å². The third-order valence-corrected chi connectivity index (χ3v) is 2.17. The van der Waals surface area contributed by atoms with Crippen LogP contribution in [0.4, 0.5) is 13.2 Å². The second kappa shape index (κ2) is 4.70. The highest BCUT2D eigenvalue weighted by atomic mass is 19.4. The Kier molecular flexibility index (Phi) is 3.79. The standard InChI is InChI=1S/C10H14F3NO/c1-7-3-4-9(15-7)8(14-2)5-6-10(11,12)13/h3-4,8,14H,5-6H2,1-2H3. The SMILES string of the molecule is CNC(CCC(F)(F)F)c1ccc(C)o1. The monoisotopic (exact) mass is 221 g/mol. The molecule has 1 aromatic heterocycles. The van der Waals surface area contributed by atoms with Gasteiger partial charge < -0.3 is 9.73 Å². The number of rotatable bonds is 4. The summed E-state index contributed by atoms with van der Waals surface area (Å²) >= 11 is 0. The summed E-state index contributed by atoms with van der Waals surface area (Å²) in [6, 6.07) is 3.07. The molecule has 86 valence electrons. The summed E-state index contributed by atoms with van der Waals surface area (Å²) in [6.45, 7) is 1.76. The Balaban J connectivity index is 2.57. The Morgan fingerprint density at radius 3 is 2.47 bits per heavy atom. The van der Waals surface area contributed by atoms with Crippen molar-refractivity contribution < 1.29 is 17.6 Å². The molecule has 1 N–H and O–H groups in total. The van der Waals surface area contributed by atoms with Gasteiger partial charge in [-0.3, -0.25) is 0 Å². The average Bonchev–Trinajstić information content (AvgIpc) is 2.51. The van der Waals surface area contributed by atoms with Crippen molar-refractivity contribution in [3.8, 4) is 0 Å². The molecule has 1 unspecified atom stereocenters. The summed E-state index contributed by atoms with van der Waals surface area (Å²) in [5, 5.41) is 2.81. The molecule has 1 aromatic rings. The number of hydrogen-bond acceptors (Lipinski definition) is 2. The van der Waals surface area contributed by atoms with Gasteiger partial charge in [0.1, 0.15) is 11.5 Å². The lowest BCUT2D eigenvalue weighted by Crippen LogP contribution is -2.19. The molecule has 5 heteroatoms. The molecular weight excluding hydrogens is 207 g/mol. The number of aryl methyl sites for hydroxylation is 1. The van der Waals surface area contributed by atoms with Crippen LogP contribution in [-0.2, 0) is 0 Å². The van der Waals surface area contributed by atoms with Crippen LogP contribution in [0.3, 0.4) is 0 Å². The fourth-order valence-corrected chi connectivity index (χ4v) is 1.38. The molecule has 0 fully saturated rings. The van der Waals surface area contributed by atoms with Crippen molar-refractivity contribution >= 4 is 0 Å². The van der Waals surface area contributed by atoms with E-state index in [1.54, 1.807) is 26.1 Å². The quantitative estimate of drug-likeness (QED) is 0.844. The molecule has 0 aliphatic heterocycles. The fraction of sp³-hybridized carbons (Fsp3) is 0.600. The minimum absolute atomic E-state index is 0.00699. The molecule has 0 radical (unpaired) electrons. The third-order valence-electron chi connectivity index (χ3n) is 2.17. The molecule has 0 spiro atoms. The van der Waals surface area contributed by atoms with Crippen molar-refractivity contribution in [3.05, 3.63) is 23.7 Å². The maximum atomic E-state index is 12.0. The molecule has 15 heavy (non-hydrogen) atoms. The van der Waals surface area contributed by atoms with Gasteiger partial charge >= 0.3 is 6.18 Å². The zero-order valence-corrected chi connectivity index (χ0v) is 8.69. The van der Waals surface area contributed by atoms with E-state index < -0.39 is 12.6 Å². The van der Waals surface area contributed by atoms with E-state index in [1.165, 1.54) is 0 Å². The molecule has 1 rings (SSSR count). The summed E-state index contributed by atoms with van der Waals surface area (Å²) in [4.78, 5) is 0. The molecule has 0 aliphatic carbocycles. The highest BCUT2D eigenvalue weighted by molar-refractivity contribution is 5.09. The topological polar surface area (TPSA) is 25.2 Å². The molecule has 0 aromatic carbocycles. The number of furan rings is 1. The minimum Gasteiger partial charge on any atom is -0.465 e. The first-order valence-electron chi connectivity index (χ1n) is 4.73. The van der Waals surface area contributed by atoms with Crippen LogP contribution >= 0.6 is 0 Å². The zero-order chi connectivity index (χ0) is 11.5. The Morgan fingerprint density at radius 1 is 1.40 bits per heavy atom. The van der Waals surface area contributed by atoms with Gasteiger partial charge in [-0.15, -0.1) is 0 Å². The fourth-order valence-electron chi connectivity index (χ4n) is 1.38.